The Hall–Kier alpha value is -1.89. The van der Waals surface area contributed by atoms with E-state index >= 15 is 0 Å². The van der Waals surface area contributed by atoms with Gasteiger partial charge in [-0.25, -0.2) is 13.2 Å². The number of aryl methyl sites for hydroxylation is 1. The van der Waals surface area contributed by atoms with E-state index in [0.29, 0.717) is 18.4 Å². The van der Waals surface area contributed by atoms with E-state index in [9.17, 15) is 23.1 Å². The average Bonchev–Trinajstić information content (AvgIpc) is 2.44. The molecule has 6 nitrogen and oxygen atoms in total. The lowest BCUT2D eigenvalue weighted by Crippen LogP contribution is -2.42. The van der Waals surface area contributed by atoms with Gasteiger partial charge in [0.25, 0.3) is 5.91 Å². The minimum Gasteiger partial charge on any atom is -0.480 e. The van der Waals surface area contributed by atoms with Crippen LogP contribution in [0.1, 0.15) is 43.1 Å². The van der Waals surface area contributed by atoms with Crippen LogP contribution in [0.15, 0.2) is 23.1 Å². The first-order valence-corrected chi connectivity index (χ1v) is 9.32. The Morgan fingerprint density at radius 2 is 1.87 bits per heavy atom. The summed E-state index contributed by atoms with van der Waals surface area (Å²) < 4.78 is 23.3. The Morgan fingerprint density at radius 1 is 1.26 bits per heavy atom. The van der Waals surface area contributed by atoms with Gasteiger partial charge in [-0.1, -0.05) is 26.8 Å². The van der Waals surface area contributed by atoms with Crippen molar-refractivity contribution in [3.8, 4) is 0 Å². The highest BCUT2D eigenvalue weighted by Gasteiger charge is 2.23. The summed E-state index contributed by atoms with van der Waals surface area (Å²) in [4.78, 5) is 23.7. The number of carbonyl (C=O) groups is 2. The summed E-state index contributed by atoms with van der Waals surface area (Å²) in [6.07, 6.45) is 1.90. The Balaban J connectivity index is 3.17. The number of carbonyl (C=O) groups excluding carboxylic acids is 1. The number of carboxylic acids is 1. The predicted molar refractivity (Wildman–Crippen MR) is 87.3 cm³/mol. The highest BCUT2D eigenvalue weighted by atomic mass is 32.2. The third-order valence-electron chi connectivity index (χ3n) is 3.45. The lowest BCUT2D eigenvalue weighted by molar-refractivity contribution is -0.139. The molecule has 0 unspecified atom stereocenters. The van der Waals surface area contributed by atoms with Crippen LogP contribution in [0.5, 0.6) is 0 Å². The molecular weight excluding hydrogens is 318 g/mol. The molecule has 0 heterocycles. The van der Waals surface area contributed by atoms with E-state index in [1.54, 1.807) is 6.07 Å². The summed E-state index contributed by atoms with van der Waals surface area (Å²) in [7, 11) is -3.44. The summed E-state index contributed by atoms with van der Waals surface area (Å²) in [5, 5.41) is 11.7. The molecule has 0 bridgehead atoms. The molecule has 0 saturated carbocycles. The summed E-state index contributed by atoms with van der Waals surface area (Å²) in [6.45, 7) is 5.57. The van der Waals surface area contributed by atoms with Crippen LogP contribution in [0.25, 0.3) is 0 Å². The van der Waals surface area contributed by atoms with Crippen molar-refractivity contribution >= 4 is 21.7 Å². The molecule has 0 aliphatic rings. The lowest BCUT2D eigenvalue weighted by atomic mass is 10.0. The first-order chi connectivity index (χ1) is 10.6. The molecule has 0 fully saturated rings. The lowest BCUT2D eigenvalue weighted by Gasteiger charge is -2.18. The van der Waals surface area contributed by atoms with Crippen LogP contribution in [-0.4, -0.2) is 37.7 Å². The quantitative estimate of drug-likeness (QED) is 0.788. The van der Waals surface area contributed by atoms with Crippen molar-refractivity contribution in [2.75, 3.05) is 6.26 Å². The zero-order chi connectivity index (χ0) is 17.8. The number of rotatable bonds is 7. The zero-order valence-corrected chi connectivity index (χ0v) is 14.6. The van der Waals surface area contributed by atoms with Gasteiger partial charge in [-0.05, 0) is 36.5 Å². The fourth-order valence-corrected chi connectivity index (χ4v) is 2.88. The van der Waals surface area contributed by atoms with Crippen molar-refractivity contribution in [1.29, 1.82) is 0 Å². The van der Waals surface area contributed by atoms with E-state index in [0.717, 1.165) is 6.26 Å². The van der Waals surface area contributed by atoms with E-state index in [1.807, 2.05) is 20.8 Å². The summed E-state index contributed by atoms with van der Waals surface area (Å²) in [5.74, 6) is -1.57. The summed E-state index contributed by atoms with van der Waals surface area (Å²) in [5.41, 5.74) is 0.869. The van der Waals surface area contributed by atoms with E-state index in [2.05, 4.69) is 5.32 Å². The van der Waals surface area contributed by atoms with Gasteiger partial charge in [-0.3, -0.25) is 4.79 Å². The number of carboxylic acid groups (broad SMARTS) is 1. The second-order valence-corrected chi connectivity index (χ2v) is 7.95. The van der Waals surface area contributed by atoms with Crippen LogP contribution >= 0.6 is 0 Å². The number of hydrogen-bond acceptors (Lipinski definition) is 4. The van der Waals surface area contributed by atoms with Crippen molar-refractivity contribution in [3.05, 3.63) is 29.3 Å². The van der Waals surface area contributed by atoms with Gasteiger partial charge in [-0.2, -0.15) is 0 Å². The molecule has 128 valence electrons. The van der Waals surface area contributed by atoms with E-state index < -0.39 is 27.8 Å². The van der Waals surface area contributed by atoms with Crippen LogP contribution < -0.4 is 5.32 Å². The third-order valence-corrected chi connectivity index (χ3v) is 4.56. The number of benzene rings is 1. The SMILES string of the molecule is CCc1ccc(S(C)(=O)=O)cc1C(=O)N[C@H](CC(C)C)C(=O)O. The Morgan fingerprint density at radius 3 is 2.30 bits per heavy atom. The van der Waals surface area contributed by atoms with Gasteiger partial charge in [0.15, 0.2) is 9.84 Å². The first-order valence-electron chi connectivity index (χ1n) is 7.42. The van der Waals surface area contributed by atoms with Crippen molar-refractivity contribution in [2.45, 2.75) is 44.6 Å². The molecule has 7 heteroatoms. The Bertz CT molecular complexity index is 694. The number of amides is 1. The van der Waals surface area contributed by atoms with Crippen LogP contribution in [-0.2, 0) is 21.1 Å². The van der Waals surface area contributed by atoms with Crippen LogP contribution in [0.3, 0.4) is 0 Å². The number of nitrogens with one attached hydrogen (secondary N) is 1. The normalized spacial score (nSPS) is 12.9. The molecule has 1 aromatic rings. The Kier molecular flexibility index (Phi) is 6.32. The highest BCUT2D eigenvalue weighted by Crippen LogP contribution is 2.17. The zero-order valence-electron chi connectivity index (χ0n) is 13.8. The fraction of sp³-hybridized carbons (Fsp3) is 0.500. The second kappa shape index (κ2) is 7.59. The average molecular weight is 341 g/mol. The standard InChI is InChI=1S/C16H23NO5S/c1-5-11-6-7-12(23(4,21)22)9-13(11)15(18)17-14(16(19)20)8-10(2)3/h6-7,9-10,14H,5,8H2,1-4H3,(H,17,18)(H,19,20)/t14-/m1/s1. The maximum absolute atomic E-state index is 12.4. The number of hydrogen-bond donors (Lipinski definition) is 2. The molecule has 1 amide bonds. The molecule has 0 aliphatic heterocycles. The van der Waals surface area contributed by atoms with E-state index in [1.165, 1.54) is 12.1 Å². The molecule has 1 atom stereocenters. The van der Waals surface area contributed by atoms with Gasteiger partial charge in [0.2, 0.25) is 0 Å². The molecule has 0 spiro atoms. The van der Waals surface area contributed by atoms with Crippen LogP contribution in [0, 0.1) is 5.92 Å². The minimum absolute atomic E-state index is 0.0376. The molecule has 1 aromatic carbocycles. The van der Waals surface area contributed by atoms with Gasteiger partial charge in [0.1, 0.15) is 6.04 Å². The molecule has 0 saturated heterocycles. The molecule has 0 aliphatic carbocycles. The second-order valence-electron chi connectivity index (χ2n) is 5.94. The molecule has 1 rings (SSSR count). The monoisotopic (exact) mass is 341 g/mol. The van der Waals surface area contributed by atoms with Crippen molar-refractivity contribution in [3.63, 3.8) is 0 Å². The maximum Gasteiger partial charge on any atom is 0.326 e. The van der Waals surface area contributed by atoms with E-state index in [4.69, 9.17) is 0 Å². The molecule has 0 radical (unpaired) electrons. The minimum atomic E-state index is -3.44. The maximum atomic E-state index is 12.4. The highest BCUT2D eigenvalue weighted by molar-refractivity contribution is 7.90. The fourth-order valence-electron chi connectivity index (χ4n) is 2.23. The number of sulfone groups is 1. The van der Waals surface area contributed by atoms with Gasteiger partial charge in [-0.15, -0.1) is 0 Å². The van der Waals surface area contributed by atoms with Crippen LogP contribution in [0.4, 0.5) is 0 Å². The third kappa shape index (κ3) is 5.35. The largest absolute Gasteiger partial charge is 0.480 e. The van der Waals surface area contributed by atoms with Crippen LogP contribution in [0.2, 0.25) is 0 Å². The van der Waals surface area contributed by atoms with Gasteiger partial charge in [0, 0.05) is 11.8 Å². The number of aliphatic carboxylic acids is 1. The Labute approximate surface area is 136 Å². The summed E-state index contributed by atoms with van der Waals surface area (Å²) in [6, 6.07) is 3.34. The smallest absolute Gasteiger partial charge is 0.326 e. The molecule has 23 heavy (non-hydrogen) atoms. The molecule has 2 N–H and O–H groups in total. The molecule has 0 aromatic heterocycles. The van der Waals surface area contributed by atoms with Gasteiger partial charge >= 0.3 is 5.97 Å². The van der Waals surface area contributed by atoms with Crippen molar-refractivity contribution < 1.29 is 23.1 Å². The summed E-state index contributed by atoms with van der Waals surface area (Å²) >= 11 is 0. The van der Waals surface area contributed by atoms with Gasteiger partial charge < -0.3 is 10.4 Å². The predicted octanol–water partition coefficient (Wildman–Crippen LogP) is 1.88. The first kappa shape index (κ1) is 19.2. The van der Waals surface area contributed by atoms with E-state index in [-0.39, 0.29) is 16.4 Å². The van der Waals surface area contributed by atoms with Crippen molar-refractivity contribution in [1.82, 2.24) is 5.32 Å². The topological polar surface area (TPSA) is 101 Å². The molecular formula is C16H23NO5S. The van der Waals surface area contributed by atoms with Gasteiger partial charge in [0.05, 0.1) is 4.90 Å². The van der Waals surface area contributed by atoms with Crippen molar-refractivity contribution in [2.24, 2.45) is 5.92 Å².